The number of aryl methyl sites for hydroxylation is 1. The van der Waals surface area contributed by atoms with Crippen molar-refractivity contribution >= 4 is 28.5 Å². The van der Waals surface area contributed by atoms with Crippen LogP contribution < -0.4 is 10.7 Å². The molecule has 2 heterocycles. The monoisotopic (exact) mass is 485 g/mol. The Morgan fingerprint density at radius 3 is 2.50 bits per heavy atom. The lowest BCUT2D eigenvalue weighted by atomic mass is 9.98. The SMILES string of the molecule is Cc1cc([C@@H](C)Nc2ccccc2C(=O)O)c2oc(-c3ccnc(C(=O)N(C)C)c3)c(C)c(=O)c2c1. The van der Waals surface area contributed by atoms with E-state index in [1.807, 2.05) is 19.9 Å². The summed E-state index contributed by atoms with van der Waals surface area (Å²) < 4.78 is 6.37. The summed E-state index contributed by atoms with van der Waals surface area (Å²) in [6.07, 6.45) is 1.51. The first-order chi connectivity index (χ1) is 17.1. The predicted octanol–water partition coefficient (Wildman–Crippen LogP) is 5.04. The number of benzene rings is 2. The van der Waals surface area contributed by atoms with E-state index in [0.29, 0.717) is 39.1 Å². The van der Waals surface area contributed by atoms with E-state index in [-0.39, 0.29) is 28.6 Å². The molecule has 0 saturated carbocycles. The quantitative estimate of drug-likeness (QED) is 0.393. The highest BCUT2D eigenvalue weighted by atomic mass is 16.4. The van der Waals surface area contributed by atoms with E-state index in [0.717, 1.165) is 5.56 Å². The molecule has 1 atom stereocenters. The van der Waals surface area contributed by atoms with E-state index < -0.39 is 5.97 Å². The van der Waals surface area contributed by atoms with Crippen molar-refractivity contribution in [3.63, 3.8) is 0 Å². The number of hydrogen-bond acceptors (Lipinski definition) is 6. The van der Waals surface area contributed by atoms with Crippen LogP contribution in [0, 0.1) is 13.8 Å². The fraction of sp³-hybridized carbons (Fsp3) is 0.214. The van der Waals surface area contributed by atoms with Crippen molar-refractivity contribution in [3.05, 3.63) is 92.9 Å². The van der Waals surface area contributed by atoms with Crippen LogP contribution in [0.25, 0.3) is 22.3 Å². The Morgan fingerprint density at radius 2 is 1.81 bits per heavy atom. The lowest BCUT2D eigenvalue weighted by Crippen LogP contribution is -2.22. The summed E-state index contributed by atoms with van der Waals surface area (Å²) in [5.74, 6) is -0.945. The van der Waals surface area contributed by atoms with Crippen LogP contribution in [-0.4, -0.2) is 41.0 Å². The Morgan fingerprint density at radius 1 is 1.08 bits per heavy atom. The smallest absolute Gasteiger partial charge is 0.337 e. The number of rotatable bonds is 6. The van der Waals surface area contributed by atoms with Gasteiger partial charge in [-0.1, -0.05) is 18.2 Å². The maximum atomic E-state index is 13.4. The zero-order valence-electron chi connectivity index (χ0n) is 20.7. The molecule has 36 heavy (non-hydrogen) atoms. The highest BCUT2D eigenvalue weighted by Crippen LogP contribution is 2.32. The van der Waals surface area contributed by atoms with Crippen molar-refractivity contribution in [2.24, 2.45) is 0 Å². The van der Waals surface area contributed by atoms with E-state index in [2.05, 4.69) is 10.3 Å². The van der Waals surface area contributed by atoms with Gasteiger partial charge in [-0.25, -0.2) is 4.79 Å². The molecule has 2 N–H and O–H groups in total. The van der Waals surface area contributed by atoms with E-state index in [1.54, 1.807) is 57.4 Å². The van der Waals surface area contributed by atoms with Gasteiger partial charge in [-0.15, -0.1) is 0 Å². The lowest BCUT2D eigenvalue weighted by molar-refractivity contribution is 0.0697. The molecule has 1 amide bonds. The molecule has 0 radical (unpaired) electrons. The average Bonchev–Trinajstić information content (AvgIpc) is 2.85. The number of para-hydroxylation sites is 1. The van der Waals surface area contributed by atoms with Gasteiger partial charge in [0.05, 0.1) is 17.0 Å². The van der Waals surface area contributed by atoms with Gasteiger partial charge in [0.25, 0.3) is 5.91 Å². The molecule has 2 aromatic carbocycles. The van der Waals surface area contributed by atoms with E-state index in [1.165, 1.54) is 17.2 Å². The molecule has 184 valence electrons. The summed E-state index contributed by atoms with van der Waals surface area (Å²) in [6.45, 7) is 5.47. The van der Waals surface area contributed by atoms with E-state index >= 15 is 0 Å². The molecule has 0 unspecified atom stereocenters. The van der Waals surface area contributed by atoms with Crippen molar-refractivity contribution in [3.8, 4) is 11.3 Å². The Bertz CT molecular complexity index is 1560. The van der Waals surface area contributed by atoms with Gasteiger partial charge >= 0.3 is 5.97 Å². The molecule has 0 spiro atoms. The van der Waals surface area contributed by atoms with Crippen molar-refractivity contribution in [1.29, 1.82) is 0 Å². The number of carboxylic acids is 1. The van der Waals surface area contributed by atoms with Crippen molar-refractivity contribution in [2.45, 2.75) is 26.8 Å². The van der Waals surface area contributed by atoms with Gasteiger partial charge < -0.3 is 19.7 Å². The average molecular weight is 486 g/mol. The number of anilines is 1. The molecule has 0 saturated heterocycles. The van der Waals surface area contributed by atoms with Gasteiger partial charge in [0.2, 0.25) is 0 Å². The number of aromatic carboxylic acids is 1. The minimum Gasteiger partial charge on any atom is -0.478 e. The third-order valence-electron chi connectivity index (χ3n) is 6.04. The summed E-state index contributed by atoms with van der Waals surface area (Å²) in [5.41, 5.74) is 3.64. The number of nitrogens with zero attached hydrogens (tertiary/aromatic N) is 2. The third-order valence-corrected chi connectivity index (χ3v) is 6.04. The molecule has 0 aliphatic carbocycles. The molecule has 0 aliphatic heterocycles. The van der Waals surface area contributed by atoms with E-state index in [4.69, 9.17) is 4.42 Å². The minimum absolute atomic E-state index is 0.147. The summed E-state index contributed by atoms with van der Waals surface area (Å²) in [4.78, 5) is 43.1. The summed E-state index contributed by atoms with van der Waals surface area (Å²) in [6, 6.07) is 13.3. The molecule has 4 aromatic rings. The fourth-order valence-corrected chi connectivity index (χ4v) is 4.19. The van der Waals surface area contributed by atoms with Gasteiger partial charge in [-0.2, -0.15) is 0 Å². The minimum atomic E-state index is -1.04. The largest absolute Gasteiger partial charge is 0.478 e. The first-order valence-electron chi connectivity index (χ1n) is 11.4. The number of carbonyl (C=O) groups is 2. The predicted molar refractivity (Wildman–Crippen MR) is 139 cm³/mol. The zero-order valence-corrected chi connectivity index (χ0v) is 20.7. The molecule has 8 nitrogen and oxygen atoms in total. The topological polar surface area (TPSA) is 113 Å². The summed E-state index contributed by atoms with van der Waals surface area (Å²) >= 11 is 0. The molecule has 0 aliphatic rings. The van der Waals surface area contributed by atoms with Crippen molar-refractivity contribution in [1.82, 2.24) is 9.88 Å². The summed E-state index contributed by atoms with van der Waals surface area (Å²) in [5, 5.41) is 13.2. The van der Waals surface area contributed by atoms with Crippen molar-refractivity contribution in [2.75, 3.05) is 19.4 Å². The number of aromatic nitrogens is 1. The molecule has 0 bridgehead atoms. The van der Waals surface area contributed by atoms with Crippen LogP contribution in [0.4, 0.5) is 5.69 Å². The molecular weight excluding hydrogens is 458 g/mol. The van der Waals surface area contributed by atoms with Gasteiger partial charge in [0.15, 0.2) is 5.43 Å². The Hall–Kier alpha value is -4.46. The maximum Gasteiger partial charge on any atom is 0.337 e. The van der Waals surface area contributed by atoms with Crippen LogP contribution in [0.5, 0.6) is 0 Å². The van der Waals surface area contributed by atoms with Gasteiger partial charge in [0, 0.05) is 42.7 Å². The van der Waals surface area contributed by atoms with Crippen LogP contribution in [0.3, 0.4) is 0 Å². The highest BCUT2D eigenvalue weighted by Gasteiger charge is 2.21. The van der Waals surface area contributed by atoms with Gasteiger partial charge in [0.1, 0.15) is 17.0 Å². The van der Waals surface area contributed by atoms with Crippen LogP contribution in [0.1, 0.15) is 50.5 Å². The number of carbonyl (C=O) groups excluding carboxylic acids is 1. The second-order valence-corrected chi connectivity index (χ2v) is 8.96. The maximum absolute atomic E-state index is 13.4. The molecule has 2 aromatic heterocycles. The van der Waals surface area contributed by atoms with E-state index in [9.17, 15) is 19.5 Å². The van der Waals surface area contributed by atoms with Crippen LogP contribution in [-0.2, 0) is 0 Å². The number of pyridine rings is 1. The lowest BCUT2D eigenvalue weighted by Gasteiger charge is -2.20. The summed E-state index contributed by atoms with van der Waals surface area (Å²) in [7, 11) is 3.28. The van der Waals surface area contributed by atoms with Gasteiger partial charge in [-0.3, -0.25) is 14.6 Å². The highest BCUT2D eigenvalue weighted by molar-refractivity contribution is 5.95. The third kappa shape index (κ3) is 4.57. The first kappa shape index (κ1) is 24.7. The number of amides is 1. The second kappa shape index (κ2) is 9.65. The number of hydrogen-bond donors (Lipinski definition) is 2. The molecular formula is C28H27N3O5. The number of fused-ring (bicyclic) bond motifs is 1. The number of nitrogens with one attached hydrogen (secondary N) is 1. The van der Waals surface area contributed by atoms with Crippen LogP contribution >= 0.6 is 0 Å². The zero-order chi connectivity index (χ0) is 26.1. The Labute approximate surface area is 208 Å². The Kier molecular flexibility index (Phi) is 6.61. The molecule has 0 fully saturated rings. The molecule has 4 rings (SSSR count). The first-order valence-corrected chi connectivity index (χ1v) is 11.4. The second-order valence-electron chi connectivity index (χ2n) is 8.96. The number of carboxylic acid groups (broad SMARTS) is 1. The fourth-order valence-electron chi connectivity index (χ4n) is 4.19. The standard InChI is InChI=1S/C28H27N3O5/c1-15-12-20(17(3)30-22-9-7-6-8-19(22)28(34)35)26-21(13-15)24(32)16(2)25(36-26)18-10-11-29-23(14-18)27(33)31(4)5/h6-14,17,30H,1-5H3,(H,34,35)/t17-/m1/s1. The normalized spacial score (nSPS) is 11.8. The van der Waals surface area contributed by atoms with Crippen LogP contribution in [0.15, 0.2) is 63.9 Å². The van der Waals surface area contributed by atoms with Crippen molar-refractivity contribution < 1.29 is 19.1 Å². The van der Waals surface area contributed by atoms with Gasteiger partial charge in [-0.05, 0) is 56.7 Å². The molecule has 8 heteroatoms. The van der Waals surface area contributed by atoms with Crippen LogP contribution in [0.2, 0.25) is 0 Å². The Balaban J connectivity index is 1.88.